The fourth-order valence-corrected chi connectivity index (χ4v) is 1.88. The third kappa shape index (κ3) is 6.31. The molecule has 5 heteroatoms. The minimum absolute atomic E-state index is 0.183. The van der Waals surface area contributed by atoms with Crippen molar-refractivity contribution >= 4 is 11.9 Å². The Hall–Kier alpha value is -2.01. The van der Waals surface area contributed by atoms with E-state index in [2.05, 4.69) is 33.5 Å². The molecule has 1 aromatic carbocycles. The van der Waals surface area contributed by atoms with Crippen molar-refractivity contribution < 1.29 is 14.3 Å². The summed E-state index contributed by atoms with van der Waals surface area (Å²) in [7, 11) is 1.49. The van der Waals surface area contributed by atoms with Gasteiger partial charge in [0.25, 0.3) is 0 Å². The second-order valence-electron chi connectivity index (χ2n) is 4.49. The van der Waals surface area contributed by atoms with Crippen LogP contribution >= 0.6 is 0 Å². The normalized spacial score (nSPS) is 11.2. The van der Waals surface area contributed by atoms with Crippen LogP contribution in [0, 0.1) is 13.8 Å². The van der Waals surface area contributed by atoms with E-state index < -0.39 is 0 Å². The lowest BCUT2D eigenvalue weighted by Gasteiger charge is -2.14. The van der Waals surface area contributed by atoms with Crippen molar-refractivity contribution in [2.75, 3.05) is 32.4 Å². The van der Waals surface area contributed by atoms with Crippen molar-refractivity contribution in [1.82, 2.24) is 0 Å². The van der Waals surface area contributed by atoms with Gasteiger partial charge in [-0.25, -0.2) is 0 Å². The summed E-state index contributed by atoms with van der Waals surface area (Å²) in [4.78, 5) is 4.54. The highest BCUT2D eigenvalue weighted by molar-refractivity contribution is 5.57. The van der Waals surface area contributed by atoms with Crippen LogP contribution in [0.1, 0.15) is 18.1 Å². The van der Waals surface area contributed by atoms with Crippen LogP contribution in [0.4, 0.5) is 5.69 Å². The molecule has 0 radical (unpaired) electrons. The first-order chi connectivity index (χ1) is 10.2. The van der Waals surface area contributed by atoms with Gasteiger partial charge >= 0.3 is 0 Å². The number of ether oxygens (including phenoxy) is 2. The van der Waals surface area contributed by atoms with Crippen LogP contribution in [0.2, 0.25) is 0 Å². The molecule has 21 heavy (non-hydrogen) atoms. The van der Waals surface area contributed by atoms with Crippen LogP contribution in [0.25, 0.3) is 0 Å². The average molecular weight is 292 g/mol. The van der Waals surface area contributed by atoms with Crippen LogP contribution in [-0.2, 0) is 9.57 Å². The van der Waals surface area contributed by atoms with Crippen LogP contribution in [-0.4, -0.2) is 33.3 Å². The maximum Gasteiger partial charge on any atom is 0.189 e. The molecule has 0 amide bonds. The van der Waals surface area contributed by atoms with Crippen molar-refractivity contribution in [2.24, 2.45) is 5.16 Å². The van der Waals surface area contributed by atoms with Gasteiger partial charge < -0.3 is 19.6 Å². The third-order valence-electron chi connectivity index (χ3n) is 2.78. The van der Waals surface area contributed by atoms with Crippen molar-refractivity contribution in [1.29, 1.82) is 0 Å². The molecule has 0 atom stereocenters. The Morgan fingerprint density at radius 3 is 2.57 bits per heavy atom. The quantitative estimate of drug-likeness (QED) is 0.249. The predicted molar refractivity (Wildman–Crippen MR) is 86.2 cm³/mol. The fraction of sp³-hybridized carbons (Fsp3) is 0.438. The summed E-state index contributed by atoms with van der Waals surface area (Å²) in [5.74, 6) is 0.857. The van der Waals surface area contributed by atoms with Crippen molar-refractivity contribution in [3.8, 4) is 5.75 Å². The summed E-state index contributed by atoms with van der Waals surface area (Å²) in [5.41, 5.74) is 3.24. The molecule has 0 unspecified atom stereocenters. The van der Waals surface area contributed by atoms with Gasteiger partial charge in [-0.05, 0) is 44.0 Å². The monoisotopic (exact) mass is 292 g/mol. The summed E-state index contributed by atoms with van der Waals surface area (Å²) in [6.07, 6.45) is 5.64. The standard InChI is InChI=1S/C16H24N2O3/c1-5-6-7-17-15-10-13(2)16(14(3)11-15)21-12-20-9-8-18-19-4/h5-6,8,10-11,17H,7,9,12H2,1-4H3/b6-5+,18-8?. The van der Waals surface area contributed by atoms with Gasteiger partial charge in [-0.1, -0.05) is 17.3 Å². The zero-order valence-corrected chi connectivity index (χ0v) is 13.2. The van der Waals surface area contributed by atoms with E-state index in [1.165, 1.54) is 13.3 Å². The van der Waals surface area contributed by atoms with Gasteiger partial charge in [0.15, 0.2) is 6.79 Å². The topological polar surface area (TPSA) is 52.1 Å². The molecule has 0 saturated heterocycles. The highest BCUT2D eigenvalue weighted by atomic mass is 16.7. The number of nitrogens with zero attached hydrogens (tertiary/aromatic N) is 1. The Kier molecular flexibility index (Phi) is 7.97. The maximum absolute atomic E-state index is 5.66. The van der Waals surface area contributed by atoms with E-state index in [-0.39, 0.29) is 6.79 Å². The lowest BCUT2D eigenvalue weighted by Crippen LogP contribution is -2.07. The molecular weight excluding hydrogens is 268 g/mol. The van der Waals surface area contributed by atoms with Gasteiger partial charge in [-0.15, -0.1) is 0 Å². The van der Waals surface area contributed by atoms with Crippen molar-refractivity contribution in [2.45, 2.75) is 20.8 Å². The number of anilines is 1. The zero-order chi connectivity index (χ0) is 15.5. The van der Waals surface area contributed by atoms with E-state index in [1.54, 1.807) is 0 Å². The van der Waals surface area contributed by atoms with E-state index in [1.807, 2.05) is 26.8 Å². The van der Waals surface area contributed by atoms with Gasteiger partial charge in [0, 0.05) is 12.2 Å². The molecule has 0 aromatic heterocycles. The lowest BCUT2D eigenvalue weighted by molar-refractivity contribution is 0.0354. The fourth-order valence-electron chi connectivity index (χ4n) is 1.88. The summed E-state index contributed by atoms with van der Waals surface area (Å²) >= 11 is 0. The first kappa shape index (κ1) is 17.0. The second kappa shape index (κ2) is 9.83. The molecular formula is C16H24N2O3. The molecule has 0 aliphatic heterocycles. The number of nitrogens with one attached hydrogen (secondary N) is 1. The highest BCUT2D eigenvalue weighted by Crippen LogP contribution is 2.27. The van der Waals surface area contributed by atoms with Gasteiger partial charge in [-0.2, -0.15) is 0 Å². The number of aryl methyl sites for hydroxylation is 2. The summed E-state index contributed by atoms with van der Waals surface area (Å²) in [5, 5.41) is 6.92. The number of hydrogen-bond donors (Lipinski definition) is 1. The Morgan fingerprint density at radius 1 is 1.24 bits per heavy atom. The number of rotatable bonds is 9. The lowest BCUT2D eigenvalue weighted by atomic mass is 10.1. The average Bonchev–Trinajstić information content (AvgIpc) is 2.45. The van der Waals surface area contributed by atoms with E-state index in [0.29, 0.717) is 6.61 Å². The minimum Gasteiger partial charge on any atom is -0.467 e. The Bertz CT molecular complexity index is 461. The SMILES string of the molecule is C/C=C/CNc1cc(C)c(OCOCC=NOC)c(C)c1. The summed E-state index contributed by atoms with van der Waals surface area (Å²) in [6, 6.07) is 4.14. The largest absolute Gasteiger partial charge is 0.467 e. The van der Waals surface area contributed by atoms with Gasteiger partial charge in [0.2, 0.25) is 0 Å². The molecule has 0 heterocycles. The molecule has 116 valence electrons. The third-order valence-corrected chi connectivity index (χ3v) is 2.78. The molecule has 0 saturated carbocycles. The van der Waals surface area contributed by atoms with Crippen LogP contribution in [0.5, 0.6) is 5.75 Å². The molecule has 0 bridgehead atoms. The van der Waals surface area contributed by atoms with Gasteiger partial charge in [0.05, 0.1) is 12.8 Å². The van der Waals surface area contributed by atoms with Crippen LogP contribution in [0.15, 0.2) is 29.4 Å². The Labute approximate surface area is 126 Å². The summed E-state index contributed by atoms with van der Waals surface area (Å²) in [6.45, 7) is 7.41. The number of hydrogen-bond acceptors (Lipinski definition) is 5. The van der Waals surface area contributed by atoms with E-state index >= 15 is 0 Å². The van der Waals surface area contributed by atoms with Crippen LogP contribution < -0.4 is 10.1 Å². The zero-order valence-electron chi connectivity index (χ0n) is 13.2. The van der Waals surface area contributed by atoms with Gasteiger partial charge in [0.1, 0.15) is 12.9 Å². The molecule has 0 fully saturated rings. The molecule has 1 aromatic rings. The first-order valence-electron chi connectivity index (χ1n) is 6.90. The molecule has 0 aliphatic rings. The number of oxime groups is 1. The number of benzene rings is 1. The van der Waals surface area contributed by atoms with Gasteiger partial charge in [-0.3, -0.25) is 0 Å². The minimum atomic E-state index is 0.183. The van der Waals surface area contributed by atoms with Crippen molar-refractivity contribution in [3.63, 3.8) is 0 Å². The number of allylic oxidation sites excluding steroid dienone is 1. The Morgan fingerprint density at radius 2 is 1.95 bits per heavy atom. The Balaban J connectivity index is 2.53. The smallest absolute Gasteiger partial charge is 0.189 e. The molecule has 1 rings (SSSR count). The molecule has 0 spiro atoms. The van der Waals surface area contributed by atoms with Crippen LogP contribution in [0.3, 0.4) is 0 Å². The molecule has 1 N–H and O–H groups in total. The van der Waals surface area contributed by atoms with E-state index in [0.717, 1.165) is 29.1 Å². The predicted octanol–water partition coefficient (Wildman–Crippen LogP) is 3.28. The molecule has 0 aliphatic carbocycles. The molecule has 5 nitrogen and oxygen atoms in total. The van der Waals surface area contributed by atoms with E-state index in [4.69, 9.17) is 9.47 Å². The summed E-state index contributed by atoms with van der Waals surface area (Å²) < 4.78 is 10.9. The maximum atomic E-state index is 5.66. The highest BCUT2D eigenvalue weighted by Gasteiger charge is 2.06. The van der Waals surface area contributed by atoms with E-state index in [9.17, 15) is 0 Å². The first-order valence-corrected chi connectivity index (χ1v) is 6.90. The van der Waals surface area contributed by atoms with Crippen molar-refractivity contribution in [3.05, 3.63) is 35.4 Å². The second-order valence-corrected chi connectivity index (χ2v) is 4.49.